The second-order valence-electron chi connectivity index (χ2n) is 17.2. The molecule has 18 heteroatoms. The van der Waals surface area contributed by atoms with Crippen LogP contribution >= 0.6 is 32.8 Å². The van der Waals surface area contributed by atoms with Gasteiger partial charge in [0.2, 0.25) is 11.8 Å². The van der Waals surface area contributed by atoms with Crippen LogP contribution in [0.5, 0.6) is 5.75 Å². The van der Waals surface area contributed by atoms with Crippen molar-refractivity contribution in [1.29, 1.82) is 0 Å². The van der Waals surface area contributed by atoms with Gasteiger partial charge in [-0.3, -0.25) is 28.8 Å². The van der Waals surface area contributed by atoms with Gasteiger partial charge in [-0.05, 0) is 105 Å². The Hall–Kier alpha value is -4.50. The van der Waals surface area contributed by atoms with E-state index in [2.05, 4.69) is 69.7 Å². The molecule has 1 aromatic heterocycles. The Balaban J connectivity index is 0.00000537. The molecule has 4 N–H and O–H groups in total. The maximum atomic E-state index is 13.6. The summed E-state index contributed by atoms with van der Waals surface area (Å²) in [6.07, 6.45) is 8.00. The molecule has 1 fully saturated rings. The van der Waals surface area contributed by atoms with Crippen molar-refractivity contribution in [2.24, 2.45) is 17.3 Å². The van der Waals surface area contributed by atoms with Crippen LogP contribution in [0.1, 0.15) is 94.8 Å². The van der Waals surface area contributed by atoms with Crippen molar-refractivity contribution in [2.75, 3.05) is 27.0 Å². The van der Waals surface area contributed by atoms with Gasteiger partial charge in [0.1, 0.15) is 11.8 Å². The number of carbonyl (C=O) groups excluding carboxylic acids is 3. The number of carboxylic acid groups (broad SMARTS) is 2. The Morgan fingerprint density at radius 1 is 1.05 bits per heavy atom. The number of ether oxygens (including phenoxy) is 2. The van der Waals surface area contributed by atoms with E-state index >= 15 is 0 Å². The number of rotatable bonds is 26. The lowest BCUT2D eigenvalue weighted by atomic mass is 9.93. The van der Waals surface area contributed by atoms with Gasteiger partial charge in [0.05, 0.1) is 23.2 Å². The van der Waals surface area contributed by atoms with Gasteiger partial charge in [0.25, 0.3) is 0 Å². The van der Waals surface area contributed by atoms with Crippen molar-refractivity contribution in [3.05, 3.63) is 88.2 Å². The number of hydrogen-bond donors (Lipinski definition) is 5. The molecule has 2 amide bonds. The maximum absolute atomic E-state index is 13.6. The van der Waals surface area contributed by atoms with E-state index in [1.54, 1.807) is 43.0 Å². The van der Waals surface area contributed by atoms with E-state index in [0.29, 0.717) is 59.5 Å². The minimum absolute atomic E-state index is 0.0128. The number of methoxy groups -OCH3 is 1. The first-order valence-electron chi connectivity index (χ1n) is 21.4. The molecule has 2 aromatic carbocycles. The van der Waals surface area contributed by atoms with Crippen molar-refractivity contribution < 1.29 is 43.7 Å². The number of aliphatic carboxylic acids is 2. The molecule has 2 unspecified atom stereocenters. The molecular weight excluding hydrogens is 879 g/mol. The number of halogens is 1. The average molecular weight is 946 g/mol. The highest BCUT2D eigenvalue weighted by Gasteiger charge is 2.41. The van der Waals surface area contributed by atoms with Crippen LogP contribution in [0.3, 0.4) is 0 Å². The highest BCUT2D eigenvalue weighted by atomic mass is 35.5. The summed E-state index contributed by atoms with van der Waals surface area (Å²) in [5.74, 6) is -2.87. The molecule has 6 atom stereocenters. The van der Waals surface area contributed by atoms with E-state index in [1.807, 2.05) is 33.2 Å². The average Bonchev–Trinajstić information content (AvgIpc) is 3.93. The number of benzene rings is 2. The van der Waals surface area contributed by atoms with Gasteiger partial charge in [-0.15, -0.1) is 13.7 Å². The van der Waals surface area contributed by atoms with Crippen LogP contribution in [0, 0.1) is 17.3 Å². The van der Waals surface area contributed by atoms with Gasteiger partial charge in [-0.2, -0.15) is 12.6 Å². The fourth-order valence-corrected chi connectivity index (χ4v) is 8.97. The first-order valence-corrected chi connectivity index (χ1v) is 23.9. The summed E-state index contributed by atoms with van der Waals surface area (Å²) in [6, 6.07) is 12.9. The molecule has 0 bridgehead atoms. The molecular formula is C46H66ClN6O9PS. The lowest BCUT2D eigenvalue weighted by molar-refractivity contribution is -0.171. The minimum Gasteiger partial charge on any atom is -0.495 e. The number of nitrogens with one attached hydrogen (secondary N) is 2. The number of carboxylic acids is 2. The van der Waals surface area contributed by atoms with E-state index in [0.717, 1.165) is 27.2 Å². The lowest BCUT2D eigenvalue weighted by Gasteiger charge is -2.27. The summed E-state index contributed by atoms with van der Waals surface area (Å²) in [5, 5.41) is 32.6. The minimum atomic E-state index is -1.30. The van der Waals surface area contributed by atoms with Crippen LogP contribution in [0.4, 0.5) is 0 Å². The second kappa shape index (κ2) is 26.5. The Morgan fingerprint density at radius 3 is 2.36 bits per heavy atom. The van der Waals surface area contributed by atoms with Crippen LogP contribution < -0.4 is 15.4 Å². The summed E-state index contributed by atoms with van der Waals surface area (Å²) in [4.78, 5) is 64.4. The molecule has 1 aliphatic rings. The predicted octanol–water partition coefficient (Wildman–Crippen LogP) is 6.97. The number of amides is 2. The number of thiol groups is 1. The SMILES string of the molecule is COc1ccc(C[C@@H](NC(=O)/C=C/CC[C@H](C)C2P[C@@H]2c2ccc(CN(C)Cc3cn(CCCC(=O)O)nn3)cc2)C(=O)NCC(C)(C)C(=O)O[C@@H](CC(C)C)C(=O)O)cc1Cl.CS. The number of aromatic nitrogens is 3. The maximum Gasteiger partial charge on any atom is 0.345 e. The third-order valence-corrected chi connectivity index (χ3v) is 12.9. The Morgan fingerprint density at radius 2 is 1.73 bits per heavy atom. The molecule has 0 spiro atoms. The van der Waals surface area contributed by atoms with E-state index in [4.69, 9.17) is 26.2 Å². The molecule has 2 heterocycles. The number of esters is 1. The monoisotopic (exact) mass is 944 g/mol. The van der Waals surface area contributed by atoms with Gasteiger partial charge in [0, 0.05) is 50.9 Å². The normalized spacial score (nSPS) is 16.4. The van der Waals surface area contributed by atoms with Crippen LogP contribution in [0.25, 0.3) is 0 Å². The topological polar surface area (TPSA) is 202 Å². The van der Waals surface area contributed by atoms with Crippen LogP contribution in [-0.2, 0) is 54.8 Å². The van der Waals surface area contributed by atoms with Crippen molar-refractivity contribution in [3.63, 3.8) is 0 Å². The lowest BCUT2D eigenvalue weighted by Crippen LogP contribution is -2.51. The van der Waals surface area contributed by atoms with Gasteiger partial charge < -0.3 is 30.3 Å². The van der Waals surface area contributed by atoms with Crippen LogP contribution in [-0.4, -0.2) is 105 Å². The molecule has 0 radical (unpaired) electrons. The highest BCUT2D eigenvalue weighted by Crippen LogP contribution is 2.65. The molecule has 15 nitrogen and oxygen atoms in total. The third-order valence-electron chi connectivity index (χ3n) is 10.6. The fraction of sp³-hybridized carbons (Fsp3) is 0.543. The van der Waals surface area contributed by atoms with E-state index in [9.17, 15) is 29.1 Å². The van der Waals surface area contributed by atoms with Gasteiger partial charge in [-0.1, -0.05) is 74.0 Å². The second-order valence-corrected chi connectivity index (χ2v) is 19.2. The molecule has 0 saturated carbocycles. The summed E-state index contributed by atoms with van der Waals surface area (Å²) in [6.45, 7) is 10.8. The van der Waals surface area contributed by atoms with Crippen molar-refractivity contribution in [1.82, 2.24) is 30.5 Å². The van der Waals surface area contributed by atoms with E-state index < -0.39 is 47.3 Å². The van der Waals surface area contributed by atoms with Gasteiger partial charge >= 0.3 is 17.9 Å². The first-order chi connectivity index (χ1) is 30.3. The van der Waals surface area contributed by atoms with E-state index in [-0.39, 0.29) is 31.7 Å². The number of nitrogens with zero attached hydrogens (tertiary/aromatic N) is 4. The Bertz CT molecular complexity index is 2030. The van der Waals surface area contributed by atoms with Crippen LogP contribution in [0.15, 0.2) is 60.8 Å². The molecule has 0 aliphatic carbocycles. The Labute approximate surface area is 389 Å². The largest absolute Gasteiger partial charge is 0.495 e. The number of aryl methyl sites for hydroxylation is 1. The number of allylic oxidation sites excluding steroid dienone is 1. The Kier molecular flexibility index (Phi) is 22.3. The predicted molar refractivity (Wildman–Crippen MR) is 253 cm³/mol. The highest BCUT2D eigenvalue weighted by molar-refractivity contribution is 7.79. The van der Waals surface area contributed by atoms with Gasteiger partial charge in [-0.25, -0.2) is 4.79 Å². The summed E-state index contributed by atoms with van der Waals surface area (Å²) in [7, 11) is 4.37. The number of carbonyl (C=O) groups is 5. The van der Waals surface area contributed by atoms with Crippen LogP contribution in [0.2, 0.25) is 5.02 Å². The fourth-order valence-electron chi connectivity index (χ4n) is 6.99. The zero-order valence-electron chi connectivity index (χ0n) is 38.2. The first kappa shape index (κ1) is 53.8. The molecule has 1 aliphatic heterocycles. The molecule has 1 saturated heterocycles. The van der Waals surface area contributed by atoms with Crippen molar-refractivity contribution in [2.45, 2.75) is 116 Å². The molecule has 352 valence electrons. The molecule has 3 aromatic rings. The summed E-state index contributed by atoms with van der Waals surface area (Å²) in [5.41, 5.74) is 3.91. The van der Waals surface area contributed by atoms with E-state index in [1.165, 1.54) is 24.3 Å². The number of hydrogen-bond acceptors (Lipinski definition) is 11. The van der Waals surface area contributed by atoms with Crippen molar-refractivity contribution >= 4 is 62.5 Å². The van der Waals surface area contributed by atoms with Gasteiger partial charge in [0.15, 0.2) is 6.10 Å². The zero-order chi connectivity index (χ0) is 47.6. The zero-order valence-corrected chi connectivity index (χ0v) is 40.8. The molecule has 4 rings (SSSR count). The molecule has 64 heavy (non-hydrogen) atoms. The smallest absolute Gasteiger partial charge is 0.345 e. The third kappa shape index (κ3) is 18.2. The summed E-state index contributed by atoms with van der Waals surface area (Å²) < 4.78 is 12.3. The van der Waals surface area contributed by atoms with Crippen molar-refractivity contribution in [3.8, 4) is 5.75 Å². The quantitative estimate of drug-likeness (QED) is 0.0240. The standard InChI is InChI=1S/C45H62ClN6O9P.CH4S/c1-28(2)21-37(43(57)58)61-44(59)45(4,5)27-47-42(56)35(23-31-16-19-36(60-7)34(46)22-31)48-38(53)12-9-8-11-29(3)40-41(62-40)32-17-14-30(15-18-32)24-51(6)25-33-26-52(50-49-33)20-10-13-39(54)55;1-2/h9,12,14-19,22,26,28-29,35,37,40-41,62H,8,10-11,13,20-21,23-25,27H2,1-7H3,(H,47,56)(H,48,53)(H,54,55)(H,57,58);2H,1H3/b12-9+;/t29-,35+,37-,40?,41+;/m0./s1. The summed E-state index contributed by atoms with van der Waals surface area (Å²) >= 11 is 9.89.